The first-order chi connectivity index (χ1) is 12.8. The summed E-state index contributed by atoms with van der Waals surface area (Å²) in [5, 5.41) is 4.01. The van der Waals surface area contributed by atoms with Crippen LogP contribution in [0.3, 0.4) is 0 Å². The molecule has 3 aromatic rings. The van der Waals surface area contributed by atoms with E-state index < -0.39 is 0 Å². The summed E-state index contributed by atoms with van der Waals surface area (Å²) < 4.78 is 11.3. The SMILES string of the molecule is COc1c(/C(C)=C/C(=O)Nc2cccc(C)c2C)cc2c(C)coc2c1C. The minimum atomic E-state index is -0.162. The lowest BCUT2D eigenvalue weighted by molar-refractivity contribution is -0.111. The number of hydrogen-bond donors (Lipinski definition) is 1. The zero-order valence-electron chi connectivity index (χ0n) is 16.7. The van der Waals surface area contributed by atoms with E-state index in [1.54, 1.807) is 19.4 Å². The highest BCUT2D eigenvalue weighted by molar-refractivity contribution is 6.05. The summed E-state index contributed by atoms with van der Waals surface area (Å²) in [4.78, 5) is 12.6. The number of ether oxygens (including phenoxy) is 1. The number of benzene rings is 2. The molecule has 0 aliphatic carbocycles. The molecule has 1 heterocycles. The van der Waals surface area contributed by atoms with Crippen molar-refractivity contribution in [2.24, 2.45) is 0 Å². The number of fused-ring (bicyclic) bond motifs is 1. The van der Waals surface area contributed by atoms with Crippen LogP contribution < -0.4 is 10.1 Å². The molecule has 0 saturated carbocycles. The van der Waals surface area contributed by atoms with Crippen LogP contribution in [0.25, 0.3) is 16.5 Å². The number of methoxy groups -OCH3 is 1. The third-order valence-corrected chi connectivity index (χ3v) is 5.08. The summed E-state index contributed by atoms with van der Waals surface area (Å²) in [6.07, 6.45) is 3.35. The van der Waals surface area contributed by atoms with E-state index in [2.05, 4.69) is 5.32 Å². The van der Waals surface area contributed by atoms with Crippen LogP contribution in [0.4, 0.5) is 5.69 Å². The number of hydrogen-bond acceptors (Lipinski definition) is 3. The number of anilines is 1. The van der Waals surface area contributed by atoms with Crippen molar-refractivity contribution < 1.29 is 13.9 Å². The van der Waals surface area contributed by atoms with Gasteiger partial charge in [0.25, 0.3) is 0 Å². The van der Waals surface area contributed by atoms with Crippen LogP contribution in [-0.4, -0.2) is 13.0 Å². The molecule has 1 aromatic heterocycles. The molecule has 4 nitrogen and oxygen atoms in total. The zero-order valence-corrected chi connectivity index (χ0v) is 16.7. The Hall–Kier alpha value is -3.01. The van der Waals surface area contributed by atoms with Crippen LogP contribution in [0.5, 0.6) is 5.75 Å². The highest BCUT2D eigenvalue weighted by Gasteiger charge is 2.17. The fourth-order valence-corrected chi connectivity index (χ4v) is 3.32. The lowest BCUT2D eigenvalue weighted by Crippen LogP contribution is -2.10. The van der Waals surface area contributed by atoms with E-state index in [4.69, 9.17) is 9.15 Å². The minimum Gasteiger partial charge on any atom is -0.496 e. The highest BCUT2D eigenvalue weighted by Crippen LogP contribution is 2.37. The standard InChI is InChI=1S/C23H25NO3/c1-13-8-7-9-20(16(13)4)24-21(25)10-14(2)18-11-19-15(3)12-27-23(19)17(5)22(18)26-6/h7-12H,1-6H3,(H,24,25)/b14-10+. The van der Waals surface area contributed by atoms with Gasteiger partial charge in [-0.1, -0.05) is 12.1 Å². The third kappa shape index (κ3) is 3.47. The summed E-state index contributed by atoms with van der Waals surface area (Å²) in [6.45, 7) is 9.93. The fraction of sp³-hybridized carbons (Fsp3) is 0.261. The summed E-state index contributed by atoms with van der Waals surface area (Å²) in [5.74, 6) is 0.565. The number of carbonyl (C=O) groups excluding carboxylic acids is 1. The van der Waals surface area contributed by atoms with Gasteiger partial charge in [-0.3, -0.25) is 4.79 Å². The Balaban J connectivity index is 1.99. The molecule has 0 atom stereocenters. The fourth-order valence-electron chi connectivity index (χ4n) is 3.32. The average Bonchev–Trinajstić information content (AvgIpc) is 3.00. The van der Waals surface area contributed by atoms with E-state index in [-0.39, 0.29) is 5.91 Å². The van der Waals surface area contributed by atoms with Crippen LogP contribution in [0.15, 0.2) is 41.0 Å². The number of rotatable bonds is 4. The van der Waals surface area contributed by atoms with Gasteiger partial charge in [-0.2, -0.15) is 0 Å². The second kappa shape index (κ2) is 7.31. The van der Waals surface area contributed by atoms with Crippen molar-refractivity contribution in [3.05, 3.63) is 64.4 Å². The molecule has 0 aliphatic heterocycles. The summed E-state index contributed by atoms with van der Waals surface area (Å²) >= 11 is 0. The molecular weight excluding hydrogens is 338 g/mol. The molecule has 1 N–H and O–H groups in total. The van der Waals surface area contributed by atoms with E-state index >= 15 is 0 Å². The average molecular weight is 363 g/mol. The van der Waals surface area contributed by atoms with E-state index in [0.717, 1.165) is 55.8 Å². The Bertz CT molecular complexity index is 1060. The molecule has 27 heavy (non-hydrogen) atoms. The van der Waals surface area contributed by atoms with Crippen molar-refractivity contribution in [3.8, 4) is 5.75 Å². The molecule has 1 amide bonds. The number of carbonyl (C=O) groups is 1. The predicted molar refractivity (Wildman–Crippen MR) is 110 cm³/mol. The Morgan fingerprint density at radius 1 is 1.11 bits per heavy atom. The van der Waals surface area contributed by atoms with Crippen molar-refractivity contribution in [2.45, 2.75) is 34.6 Å². The van der Waals surface area contributed by atoms with Gasteiger partial charge < -0.3 is 14.5 Å². The predicted octanol–water partition coefficient (Wildman–Crippen LogP) is 5.72. The van der Waals surface area contributed by atoms with Crippen molar-refractivity contribution in [1.29, 1.82) is 0 Å². The molecule has 4 heteroatoms. The van der Waals surface area contributed by atoms with Crippen LogP contribution in [0.2, 0.25) is 0 Å². The Labute approximate surface area is 159 Å². The van der Waals surface area contributed by atoms with Crippen LogP contribution in [0.1, 0.15) is 34.7 Å². The molecule has 140 valence electrons. The summed E-state index contributed by atoms with van der Waals surface area (Å²) in [5.41, 5.74) is 7.58. The van der Waals surface area contributed by atoms with Crippen molar-refractivity contribution in [2.75, 3.05) is 12.4 Å². The van der Waals surface area contributed by atoms with Gasteiger partial charge in [-0.15, -0.1) is 0 Å². The molecule has 0 radical (unpaired) electrons. The van der Waals surface area contributed by atoms with Crippen molar-refractivity contribution >= 4 is 28.1 Å². The molecule has 0 fully saturated rings. The molecule has 3 rings (SSSR count). The van der Waals surface area contributed by atoms with Gasteiger partial charge >= 0.3 is 0 Å². The lowest BCUT2D eigenvalue weighted by Gasteiger charge is -2.13. The van der Waals surface area contributed by atoms with Gasteiger partial charge in [-0.05, 0) is 69.0 Å². The number of nitrogens with one attached hydrogen (secondary N) is 1. The lowest BCUT2D eigenvalue weighted by atomic mass is 9.98. The quantitative estimate of drug-likeness (QED) is 0.603. The summed E-state index contributed by atoms with van der Waals surface area (Å²) in [6, 6.07) is 7.91. The Morgan fingerprint density at radius 2 is 1.85 bits per heavy atom. The largest absolute Gasteiger partial charge is 0.496 e. The zero-order chi connectivity index (χ0) is 19.7. The second-order valence-corrected chi connectivity index (χ2v) is 6.94. The minimum absolute atomic E-state index is 0.162. The maximum atomic E-state index is 12.6. The van der Waals surface area contributed by atoms with E-state index in [0.29, 0.717) is 0 Å². The maximum Gasteiger partial charge on any atom is 0.248 e. The molecular formula is C23H25NO3. The van der Waals surface area contributed by atoms with Crippen molar-refractivity contribution in [3.63, 3.8) is 0 Å². The highest BCUT2D eigenvalue weighted by atomic mass is 16.5. The smallest absolute Gasteiger partial charge is 0.248 e. The second-order valence-electron chi connectivity index (χ2n) is 6.94. The first-order valence-electron chi connectivity index (χ1n) is 8.94. The van der Waals surface area contributed by atoms with E-state index in [1.807, 2.05) is 58.9 Å². The van der Waals surface area contributed by atoms with Crippen LogP contribution in [0, 0.1) is 27.7 Å². The number of furan rings is 1. The topological polar surface area (TPSA) is 51.5 Å². The first-order valence-corrected chi connectivity index (χ1v) is 8.94. The molecule has 0 saturated heterocycles. The Morgan fingerprint density at radius 3 is 2.56 bits per heavy atom. The first kappa shape index (κ1) is 18.8. The van der Waals surface area contributed by atoms with Gasteiger partial charge in [0.2, 0.25) is 5.91 Å². The molecule has 0 aliphatic rings. The monoisotopic (exact) mass is 363 g/mol. The number of allylic oxidation sites excluding steroid dienone is 1. The van der Waals surface area contributed by atoms with E-state index in [1.165, 1.54) is 0 Å². The Kier molecular flexibility index (Phi) is 5.08. The van der Waals surface area contributed by atoms with Crippen LogP contribution in [-0.2, 0) is 4.79 Å². The maximum absolute atomic E-state index is 12.6. The van der Waals surface area contributed by atoms with Gasteiger partial charge in [0.1, 0.15) is 11.3 Å². The van der Waals surface area contributed by atoms with E-state index in [9.17, 15) is 4.79 Å². The van der Waals surface area contributed by atoms with Gasteiger partial charge in [-0.25, -0.2) is 0 Å². The normalized spacial score (nSPS) is 11.7. The third-order valence-electron chi connectivity index (χ3n) is 5.08. The molecule has 0 spiro atoms. The molecule has 2 aromatic carbocycles. The van der Waals surface area contributed by atoms with Crippen LogP contribution >= 0.6 is 0 Å². The molecule has 0 unspecified atom stereocenters. The summed E-state index contributed by atoms with van der Waals surface area (Å²) in [7, 11) is 1.64. The van der Waals surface area contributed by atoms with Gasteiger partial charge in [0.15, 0.2) is 0 Å². The molecule has 0 bridgehead atoms. The number of aryl methyl sites for hydroxylation is 3. The van der Waals surface area contributed by atoms with Crippen molar-refractivity contribution in [1.82, 2.24) is 0 Å². The van der Waals surface area contributed by atoms with Gasteiger partial charge in [0, 0.05) is 28.3 Å². The van der Waals surface area contributed by atoms with Gasteiger partial charge in [0.05, 0.1) is 13.4 Å². The number of amides is 1.